The van der Waals surface area contributed by atoms with E-state index >= 15 is 0 Å². The van der Waals surface area contributed by atoms with Crippen molar-refractivity contribution < 1.29 is 80.2 Å². The van der Waals surface area contributed by atoms with Crippen molar-refractivity contribution in [1.29, 1.82) is 0 Å². The van der Waals surface area contributed by atoms with Crippen molar-refractivity contribution in [2.75, 3.05) is 39.6 Å². The van der Waals surface area contributed by atoms with Gasteiger partial charge in [-0.15, -0.1) is 0 Å². The van der Waals surface area contributed by atoms with E-state index in [4.69, 9.17) is 37.0 Å². The number of aliphatic hydroxyl groups is 1. The summed E-state index contributed by atoms with van der Waals surface area (Å²) in [5.74, 6) is 0.205. The molecule has 0 saturated carbocycles. The van der Waals surface area contributed by atoms with Gasteiger partial charge < -0.3 is 33.8 Å². The number of ether oxygens (including phenoxy) is 4. The quantitative estimate of drug-likeness (QED) is 0.0222. The Morgan fingerprint density at radius 1 is 0.293 bits per heavy atom. The molecule has 588 valence electrons. The Balaban J connectivity index is 5.25. The van der Waals surface area contributed by atoms with Crippen LogP contribution in [-0.2, 0) is 65.4 Å². The molecule has 0 aromatic heterocycles. The third-order valence-corrected chi connectivity index (χ3v) is 20.9. The molecular weight excluding hydrogens is 1290 g/mol. The Labute approximate surface area is 607 Å². The highest BCUT2D eigenvalue weighted by Crippen LogP contribution is 2.45. The minimum atomic E-state index is -4.96. The van der Waals surface area contributed by atoms with Gasteiger partial charge in [-0.05, 0) is 43.4 Å². The predicted octanol–water partition coefficient (Wildman–Crippen LogP) is 23.7. The van der Waals surface area contributed by atoms with E-state index in [1.807, 2.05) is 0 Å². The number of unbranched alkanes of at least 4 members (excludes halogenated alkanes) is 45. The Hall–Kier alpha value is -1.94. The number of carbonyl (C=O) groups excluding carboxylic acids is 4. The maximum absolute atomic E-state index is 13.1. The second-order valence-corrected chi connectivity index (χ2v) is 32.9. The van der Waals surface area contributed by atoms with Gasteiger partial charge in [0.05, 0.1) is 26.4 Å². The first-order chi connectivity index (χ1) is 47.8. The molecule has 0 aromatic rings. The monoisotopic (exact) mass is 1450 g/mol. The molecule has 0 rings (SSSR count). The fourth-order valence-corrected chi connectivity index (χ4v) is 13.9. The molecule has 0 radical (unpaired) electrons. The van der Waals surface area contributed by atoms with Gasteiger partial charge in [-0.25, -0.2) is 9.13 Å². The lowest BCUT2D eigenvalue weighted by Gasteiger charge is -2.21. The summed E-state index contributed by atoms with van der Waals surface area (Å²) < 4.78 is 68.7. The lowest BCUT2D eigenvalue weighted by molar-refractivity contribution is -0.161. The highest BCUT2D eigenvalue weighted by atomic mass is 31.2. The molecule has 19 heteroatoms. The van der Waals surface area contributed by atoms with Gasteiger partial charge in [0.25, 0.3) is 0 Å². The van der Waals surface area contributed by atoms with Crippen LogP contribution in [0, 0.1) is 17.8 Å². The van der Waals surface area contributed by atoms with Gasteiger partial charge in [-0.1, -0.05) is 363 Å². The molecule has 0 spiro atoms. The third kappa shape index (κ3) is 72.8. The number of phosphoric ester groups is 2. The van der Waals surface area contributed by atoms with Crippen molar-refractivity contribution in [3.63, 3.8) is 0 Å². The van der Waals surface area contributed by atoms with Gasteiger partial charge >= 0.3 is 39.5 Å². The van der Waals surface area contributed by atoms with Crippen molar-refractivity contribution in [3.05, 3.63) is 0 Å². The van der Waals surface area contributed by atoms with E-state index < -0.39 is 97.5 Å². The van der Waals surface area contributed by atoms with E-state index in [9.17, 15) is 43.2 Å². The number of hydrogen-bond donors (Lipinski definition) is 3. The van der Waals surface area contributed by atoms with Crippen molar-refractivity contribution in [1.82, 2.24) is 0 Å². The van der Waals surface area contributed by atoms with E-state index in [-0.39, 0.29) is 25.7 Å². The molecule has 99 heavy (non-hydrogen) atoms. The van der Waals surface area contributed by atoms with E-state index in [2.05, 4.69) is 48.5 Å². The minimum absolute atomic E-state index is 0.107. The zero-order valence-electron chi connectivity index (χ0n) is 65.0. The summed E-state index contributed by atoms with van der Waals surface area (Å²) >= 11 is 0. The molecule has 3 unspecified atom stereocenters. The standard InChI is InChI=1S/C80H156O17P2/c1-8-10-11-12-13-14-15-16-17-18-24-30-35-40-49-56-64-80(85)97-76(68-91-78(83)62-55-48-43-42-46-53-60-73(7)9-2)70-95-99(88,89)93-66-74(81)65-92-98(86,87)94-69-75(67-90-77(82)61-54-47-39-34-29-26-21-23-28-33-38-45-52-59-72(5)6)96-79(84)63-57-50-41-36-31-25-20-19-22-27-32-37-44-51-58-71(3)4/h71-76,81H,8-70H2,1-7H3,(H,86,87)(H,88,89)/t73?,74-,75-,76-/m1/s1. The summed E-state index contributed by atoms with van der Waals surface area (Å²) in [7, 11) is -9.92. The summed E-state index contributed by atoms with van der Waals surface area (Å²) in [4.78, 5) is 73.0. The van der Waals surface area contributed by atoms with Crippen LogP contribution in [-0.4, -0.2) is 96.7 Å². The first-order valence-electron chi connectivity index (χ1n) is 41.4. The van der Waals surface area contributed by atoms with Crippen LogP contribution in [0.4, 0.5) is 0 Å². The summed E-state index contributed by atoms with van der Waals surface area (Å²) in [5.41, 5.74) is 0. The molecule has 0 saturated heterocycles. The highest BCUT2D eigenvalue weighted by molar-refractivity contribution is 7.47. The second kappa shape index (κ2) is 70.4. The van der Waals surface area contributed by atoms with Gasteiger partial charge in [0.1, 0.15) is 19.3 Å². The maximum Gasteiger partial charge on any atom is 0.472 e. The molecule has 0 aliphatic carbocycles. The molecule has 3 N–H and O–H groups in total. The predicted molar refractivity (Wildman–Crippen MR) is 405 cm³/mol. The molecule has 0 bridgehead atoms. The average Bonchev–Trinajstić information content (AvgIpc) is 1.10. The lowest BCUT2D eigenvalue weighted by Crippen LogP contribution is -2.30. The van der Waals surface area contributed by atoms with Crippen LogP contribution in [0.1, 0.15) is 414 Å². The number of carbonyl (C=O) groups is 4. The average molecular weight is 1450 g/mol. The van der Waals surface area contributed by atoms with Crippen LogP contribution >= 0.6 is 15.6 Å². The van der Waals surface area contributed by atoms with E-state index in [0.717, 1.165) is 114 Å². The third-order valence-electron chi connectivity index (χ3n) is 19.0. The summed E-state index contributed by atoms with van der Waals surface area (Å²) in [5, 5.41) is 10.6. The van der Waals surface area contributed by atoms with Crippen molar-refractivity contribution in [2.24, 2.45) is 17.8 Å². The van der Waals surface area contributed by atoms with Gasteiger partial charge in [-0.2, -0.15) is 0 Å². The number of hydrogen-bond acceptors (Lipinski definition) is 15. The van der Waals surface area contributed by atoms with Crippen LogP contribution in [0.2, 0.25) is 0 Å². The fraction of sp³-hybridized carbons (Fsp3) is 0.950. The summed E-state index contributed by atoms with van der Waals surface area (Å²) in [6.07, 6.45) is 58.2. The number of rotatable bonds is 78. The molecule has 0 amide bonds. The van der Waals surface area contributed by atoms with E-state index in [1.165, 1.54) is 218 Å². The minimum Gasteiger partial charge on any atom is -0.462 e. The van der Waals surface area contributed by atoms with Crippen LogP contribution in [0.5, 0.6) is 0 Å². The molecule has 0 heterocycles. The maximum atomic E-state index is 13.1. The zero-order chi connectivity index (χ0) is 73.0. The normalized spacial score (nSPS) is 14.3. The van der Waals surface area contributed by atoms with Crippen molar-refractivity contribution in [3.8, 4) is 0 Å². The van der Waals surface area contributed by atoms with Crippen LogP contribution in [0.3, 0.4) is 0 Å². The lowest BCUT2D eigenvalue weighted by atomic mass is 10.00. The first-order valence-corrected chi connectivity index (χ1v) is 44.4. The SMILES string of the molecule is CCCCCCCCCCCCCCCCCCC(=O)O[C@H](COC(=O)CCCCCCCCC(C)CC)COP(=O)(O)OC[C@H](O)COP(=O)(O)OC[C@@H](COC(=O)CCCCCCCCCCCCCCCC(C)C)OC(=O)CCCCCCCCCCCCCCCCC(C)C. The van der Waals surface area contributed by atoms with Crippen molar-refractivity contribution in [2.45, 2.75) is 433 Å². The number of aliphatic hydroxyl groups excluding tert-OH is 1. The molecule has 17 nitrogen and oxygen atoms in total. The topological polar surface area (TPSA) is 237 Å². The van der Waals surface area contributed by atoms with Crippen LogP contribution in [0.25, 0.3) is 0 Å². The van der Waals surface area contributed by atoms with Gasteiger partial charge in [0.15, 0.2) is 12.2 Å². The molecule has 0 aromatic carbocycles. The number of phosphoric acid groups is 2. The molecular formula is C80H156O17P2. The second-order valence-electron chi connectivity index (χ2n) is 30.0. The first kappa shape index (κ1) is 97.1. The van der Waals surface area contributed by atoms with E-state index in [1.54, 1.807) is 0 Å². The van der Waals surface area contributed by atoms with Crippen molar-refractivity contribution >= 4 is 39.5 Å². The highest BCUT2D eigenvalue weighted by Gasteiger charge is 2.30. The summed E-state index contributed by atoms with van der Waals surface area (Å²) in [6.45, 7) is 11.9. The summed E-state index contributed by atoms with van der Waals surface area (Å²) in [6, 6.07) is 0. The Morgan fingerprint density at radius 2 is 0.515 bits per heavy atom. The zero-order valence-corrected chi connectivity index (χ0v) is 66.8. The smallest absolute Gasteiger partial charge is 0.462 e. The van der Waals surface area contributed by atoms with E-state index in [0.29, 0.717) is 25.7 Å². The largest absolute Gasteiger partial charge is 0.472 e. The molecule has 6 atom stereocenters. The van der Waals surface area contributed by atoms with Crippen LogP contribution < -0.4 is 0 Å². The number of esters is 4. The molecule has 0 fully saturated rings. The Bertz CT molecular complexity index is 1920. The molecule has 0 aliphatic rings. The van der Waals surface area contributed by atoms with Gasteiger partial charge in [-0.3, -0.25) is 37.3 Å². The van der Waals surface area contributed by atoms with Crippen LogP contribution in [0.15, 0.2) is 0 Å². The molecule has 0 aliphatic heterocycles. The Kier molecular flexibility index (Phi) is 69.0. The Morgan fingerprint density at radius 3 is 0.768 bits per heavy atom. The fourth-order valence-electron chi connectivity index (χ4n) is 12.3. The van der Waals surface area contributed by atoms with Gasteiger partial charge in [0.2, 0.25) is 0 Å². The van der Waals surface area contributed by atoms with Gasteiger partial charge in [0, 0.05) is 25.7 Å².